The van der Waals surface area contributed by atoms with Gasteiger partial charge in [-0.2, -0.15) is 0 Å². The second kappa shape index (κ2) is 7.44. The number of para-hydroxylation sites is 1. The van der Waals surface area contributed by atoms with Crippen molar-refractivity contribution in [3.63, 3.8) is 0 Å². The Morgan fingerprint density at radius 2 is 2.29 bits per heavy atom. The number of amides is 1. The number of methoxy groups -OCH3 is 1. The van der Waals surface area contributed by atoms with Gasteiger partial charge in [-0.1, -0.05) is 18.2 Å². The van der Waals surface area contributed by atoms with Crippen LogP contribution in [0.2, 0.25) is 0 Å². The van der Waals surface area contributed by atoms with Gasteiger partial charge in [0.25, 0.3) is 0 Å². The molecule has 6 heteroatoms. The van der Waals surface area contributed by atoms with E-state index in [4.69, 9.17) is 10.5 Å². The maximum atomic E-state index is 11.9. The smallest absolute Gasteiger partial charge is 0.237 e. The molecule has 0 aliphatic carbocycles. The Morgan fingerprint density at radius 1 is 1.48 bits per heavy atom. The van der Waals surface area contributed by atoms with E-state index in [9.17, 15) is 4.79 Å². The van der Waals surface area contributed by atoms with Crippen LogP contribution in [0.4, 0.5) is 0 Å². The summed E-state index contributed by atoms with van der Waals surface area (Å²) in [5.74, 6) is 0.660. The minimum absolute atomic E-state index is 0.167. The molecule has 2 rings (SSSR count). The quantitative estimate of drug-likeness (QED) is 0.697. The number of benzene rings is 1. The van der Waals surface area contributed by atoms with Gasteiger partial charge in [-0.25, -0.2) is 4.98 Å². The molecule has 1 aromatic carbocycles. The van der Waals surface area contributed by atoms with Gasteiger partial charge in [0.05, 0.1) is 19.5 Å². The number of carbonyl (C=O) groups excluding carboxylic acids is 1. The van der Waals surface area contributed by atoms with Gasteiger partial charge in [0.2, 0.25) is 5.91 Å². The lowest BCUT2D eigenvalue weighted by Crippen LogP contribution is -2.42. The number of imidazole rings is 1. The van der Waals surface area contributed by atoms with E-state index in [1.807, 2.05) is 24.3 Å². The Balaban J connectivity index is 1.78. The van der Waals surface area contributed by atoms with Crippen LogP contribution in [0.25, 0.3) is 0 Å². The monoisotopic (exact) mass is 288 g/mol. The molecule has 0 aliphatic rings. The van der Waals surface area contributed by atoms with Crippen molar-refractivity contribution < 1.29 is 9.53 Å². The molecular weight excluding hydrogens is 268 g/mol. The molecule has 0 aliphatic heterocycles. The molecule has 0 saturated heterocycles. The third-order valence-corrected chi connectivity index (χ3v) is 3.22. The Hall–Kier alpha value is -2.34. The predicted octanol–water partition coefficient (Wildman–Crippen LogP) is 0.647. The first kappa shape index (κ1) is 15.1. The Bertz CT molecular complexity index is 569. The van der Waals surface area contributed by atoms with Gasteiger partial charge >= 0.3 is 0 Å². The van der Waals surface area contributed by atoms with E-state index in [2.05, 4.69) is 15.3 Å². The van der Waals surface area contributed by atoms with E-state index in [0.717, 1.165) is 17.0 Å². The Morgan fingerprint density at radius 3 is 3.00 bits per heavy atom. The van der Waals surface area contributed by atoms with E-state index in [1.165, 1.54) is 0 Å². The predicted molar refractivity (Wildman–Crippen MR) is 80.0 cm³/mol. The first-order valence-electron chi connectivity index (χ1n) is 6.83. The topological polar surface area (TPSA) is 93.0 Å². The van der Waals surface area contributed by atoms with Crippen LogP contribution in [0.15, 0.2) is 36.8 Å². The molecule has 0 bridgehead atoms. The number of rotatable bonds is 7. The molecule has 0 saturated carbocycles. The van der Waals surface area contributed by atoms with Crippen LogP contribution in [0.1, 0.15) is 11.3 Å². The summed E-state index contributed by atoms with van der Waals surface area (Å²) in [5.41, 5.74) is 7.77. The zero-order chi connectivity index (χ0) is 15.1. The Labute approximate surface area is 123 Å². The summed E-state index contributed by atoms with van der Waals surface area (Å²) < 4.78 is 5.27. The van der Waals surface area contributed by atoms with Crippen LogP contribution in [-0.4, -0.2) is 35.6 Å². The summed E-state index contributed by atoms with van der Waals surface area (Å²) in [6, 6.07) is 7.17. The standard InChI is InChI=1S/C15H20N4O2/c1-21-14-5-3-2-4-11(14)6-7-18-15(20)13(16)8-12-9-17-10-19-12/h2-5,9-10,13H,6-8,16H2,1H3,(H,17,19)(H,18,20)/t13-/m1/s1. The lowest BCUT2D eigenvalue weighted by molar-refractivity contribution is -0.122. The molecule has 112 valence electrons. The maximum Gasteiger partial charge on any atom is 0.237 e. The van der Waals surface area contributed by atoms with Crippen LogP contribution in [0, 0.1) is 0 Å². The minimum atomic E-state index is -0.580. The van der Waals surface area contributed by atoms with Crippen molar-refractivity contribution in [2.75, 3.05) is 13.7 Å². The lowest BCUT2D eigenvalue weighted by Gasteiger charge is -2.12. The van der Waals surface area contributed by atoms with Gasteiger partial charge in [0, 0.05) is 24.9 Å². The SMILES string of the molecule is COc1ccccc1CCNC(=O)[C@H](N)Cc1cnc[nH]1. The van der Waals surface area contributed by atoms with Crippen LogP contribution in [0.5, 0.6) is 5.75 Å². The number of nitrogens with two attached hydrogens (primary N) is 1. The van der Waals surface area contributed by atoms with E-state index in [0.29, 0.717) is 19.4 Å². The van der Waals surface area contributed by atoms with Crippen LogP contribution in [0.3, 0.4) is 0 Å². The number of hydrogen-bond acceptors (Lipinski definition) is 4. The summed E-state index contributed by atoms with van der Waals surface area (Å²) in [6.07, 6.45) is 4.39. The highest BCUT2D eigenvalue weighted by Gasteiger charge is 2.14. The average molecular weight is 288 g/mol. The molecule has 2 aromatic rings. The average Bonchev–Trinajstić information content (AvgIpc) is 3.00. The van der Waals surface area contributed by atoms with E-state index < -0.39 is 6.04 Å². The van der Waals surface area contributed by atoms with E-state index in [-0.39, 0.29) is 5.91 Å². The fraction of sp³-hybridized carbons (Fsp3) is 0.333. The molecule has 0 fully saturated rings. The molecule has 0 radical (unpaired) electrons. The summed E-state index contributed by atoms with van der Waals surface area (Å²) in [7, 11) is 1.64. The first-order valence-corrected chi connectivity index (χ1v) is 6.83. The van der Waals surface area contributed by atoms with Crippen LogP contribution in [-0.2, 0) is 17.6 Å². The highest BCUT2D eigenvalue weighted by atomic mass is 16.5. The third-order valence-electron chi connectivity index (χ3n) is 3.22. The number of aromatic amines is 1. The molecule has 21 heavy (non-hydrogen) atoms. The van der Waals surface area contributed by atoms with Gasteiger partial charge in [0.15, 0.2) is 0 Å². The van der Waals surface area contributed by atoms with Gasteiger partial charge in [-0.15, -0.1) is 0 Å². The molecular formula is C15H20N4O2. The summed E-state index contributed by atoms with van der Waals surface area (Å²) >= 11 is 0. The zero-order valence-electron chi connectivity index (χ0n) is 12.0. The van der Waals surface area contributed by atoms with Gasteiger partial charge in [-0.3, -0.25) is 4.79 Å². The van der Waals surface area contributed by atoms with E-state index >= 15 is 0 Å². The number of nitrogens with zero attached hydrogens (tertiary/aromatic N) is 1. The minimum Gasteiger partial charge on any atom is -0.496 e. The summed E-state index contributed by atoms with van der Waals surface area (Å²) in [5, 5.41) is 2.84. The third kappa shape index (κ3) is 4.32. The molecule has 1 aromatic heterocycles. The van der Waals surface area contributed by atoms with Gasteiger partial charge < -0.3 is 20.8 Å². The number of carbonyl (C=O) groups is 1. The number of H-pyrrole nitrogens is 1. The van der Waals surface area contributed by atoms with Crippen molar-refractivity contribution >= 4 is 5.91 Å². The molecule has 1 heterocycles. The van der Waals surface area contributed by atoms with Crippen molar-refractivity contribution in [1.82, 2.24) is 15.3 Å². The first-order chi connectivity index (χ1) is 10.2. The van der Waals surface area contributed by atoms with E-state index in [1.54, 1.807) is 19.6 Å². The number of ether oxygens (including phenoxy) is 1. The normalized spacial score (nSPS) is 11.9. The fourth-order valence-corrected chi connectivity index (χ4v) is 2.09. The van der Waals surface area contributed by atoms with Crippen LogP contribution >= 0.6 is 0 Å². The van der Waals surface area contributed by atoms with Gasteiger partial charge in [0.1, 0.15) is 5.75 Å². The summed E-state index contributed by atoms with van der Waals surface area (Å²) in [6.45, 7) is 0.524. The maximum absolute atomic E-state index is 11.9. The van der Waals surface area contributed by atoms with Crippen molar-refractivity contribution in [3.05, 3.63) is 48.0 Å². The van der Waals surface area contributed by atoms with Crippen molar-refractivity contribution in [3.8, 4) is 5.75 Å². The zero-order valence-corrected chi connectivity index (χ0v) is 12.0. The summed E-state index contributed by atoms with van der Waals surface area (Å²) in [4.78, 5) is 18.7. The number of nitrogens with one attached hydrogen (secondary N) is 2. The molecule has 6 nitrogen and oxygen atoms in total. The van der Waals surface area contributed by atoms with Crippen LogP contribution < -0.4 is 15.8 Å². The molecule has 0 unspecified atom stereocenters. The number of hydrogen-bond donors (Lipinski definition) is 3. The highest BCUT2D eigenvalue weighted by Crippen LogP contribution is 2.17. The molecule has 4 N–H and O–H groups in total. The lowest BCUT2D eigenvalue weighted by atomic mass is 10.1. The largest absolute Gasteiger partial charge is 0.496 e. The fourth-order valence-electron chi connectivity index (χ4n) is 2.09. The molecule has 1 amide bonds. The second-order valence-electron chi connectivity index (χ2n) is 4.74. The van der Waals surface area contributed by atoms with Gasteiger partial charge in [-0.05, 0) is 18.1 Å². The molecule has 0 spiro atoms. The number of aromatic nitrogens is 2. The highest BCUT2D eigenvalue weighted by molar-refractivity contribution is 5.81. The second-order valence-corrected chi connectivity index (χ2v) is 4.74. The van der Waals surface area contributed by atoms with Crippen molar-refractivity contribution in [2.45, 2.75) is 18.9 Å². The molecule has 1 atom stereocenters. The Kier molecular flexibility index (Phi) is 5.34. The van der Waals surface area contributed by atoms with Crippen molar-refractivity contribution in [1.29, 1.82) is 0 Å². The van der Waals surface area contributed by atoms with Crippen molar-refractivity contribution in [2.24, 2.45) is 5.73 Å².